The van der Waals surface area contributed by atoms with Crippen molar-refractivity contribution in [3.05, 3.63) is 41.4 Å². The molecule has 0 radical (unpaired) electrons. The van der Waals surface area contributed by atoms with Crippen molar-refractivity contribution in [1.29, 1.82) is 0 Å². The van der Waals surface area contributed by atoms with E-state index in [1.165, 1.54) is 35.8 Å². The summed E-state index contributed by atoms with van der Waals surface area (Å²) >= 11 is 1.10. The largest absolute Gasteiger partial charge is 0.471 e. The Hall–Kier alpha value is -2.42. The third-order valence-corrected chi connectivity index (χ3v) is 2.92. The molecule has 0 bridgehead atoms. The van der Waals surface area contributed by atoms with E-state index in [0.29, 0.717) is 5.56 Å². The number of anilines is 2. The summed E-state index contributed by atoms with van der Waals surface area (Å²) in [6.07, 6.45) is -3.60. The van der Waals surface area contributed by atoms with E-state index >= 15 is 0 Å². The zero-order chi connectivity index (χ0) is 15.5. The van der Waals surface area contributed by atoms with Gasteiger partial charge < -0.3 is 10.6 Å². The molecular formula is C12H8F3N3O2S. The molecule has 0 atom stereocenters. The highest BCUT2D eigenvalue weighted by molar-refractivity contribution is 7.03. The summed E-state index contributed by atoms with van der Waals surface area (Å²) in [7, 11) is 0. The van der Waals surface area contributed by atoms with Gasteiger partial charge in [-0.15, -0.1) is 0 Å². The number of amides is 2. The van der Waals surface area contributed by atoms with Gasteiger partial charge in [0.1, 0.15) is 0 Å². The van der Waals surface area contributed by atoms with Crippen LogP contribution in [0.5, 0.6) is 0 Å². The number of rotatable bonds is 3. The number of hydrogen-bond acceptors (Lipinski definition) is 4. The second-order valence-electron chi connectivity index (χ2n) is 3.90. The van der Waals surface area contributed by atoms with Crippen LogP contribution in [0.3, 0.4) is 0 Å². The molecule has 9 heteroatoms. The van der Waals surface area contributed by atoms with Crippen molar-refractivity contribution < 1.29 is 22.8 Å². The van der Waals surface area contributed by atoms with E-state index in [2.05, 4.69) is 9.69 Å². The molecule has 2 N–H and O–H groups in total. The zero-order valence-electron chi connectivity index (χ0n) is 10.3. The number of halogens is 3. The summed E-state index contributed by atoms with van der Waals surface area (Å²) < 4.78 is 40.2. The lowest BCUT2D eigenvalue weighted by atomic mass is 10.2. The fraction of sp³-hybridized carbons (Fsp3) is 0.0833. The van der Waals surface area contributed by atoms with Crippen LogP contribution in [0, 0.1) is 0 Å². The molecule has 0 aliphatic rings. The highest BCUT2D eigenvalue weighted by atomic mass is 32.1. The van der Waals surface area contributed by atoms with Gasteiger partial charge >= 0.3 is 12.1 Å². The topological polar surface area (TPSA) is 71.1 Å². The van der Waals surface area contributed by atoms with Crippen LogP contribution in [-0.4, -0.2) is 22.4 Å². The Morgan fingerprint density at radius 2 is 1.81 bits per heavy atom. The van der Waals surface area contributed by atoms with Crippen molar-refractivity contribution in [2.75, 3.05) is 10.6 Å². The Kier molecular flexibility index (Phi) is 4.22. The smallest absolute Gasteiger partial charge is 0.322 e. The minimum Gasteiger partial charge on any atom is -0.322 e. The molecule has 0 spiro atoms. The van der Waals surface area contributed by atoms with Crippen molar-refractivity contribution in [3.63, 3.8) is 0 Å². The maximum atomic E-state index is 12.1. The van der Waals surface area contributed by atoms with Crippen LogP contribution in [0.15, 0.2) is 35.8 Å². The second-order valence-corrected chi connectivity index (χ2v) is 4.56. The van der Waals surface area contributed by atoms with Crippen molar-refractivity contribution in [2.24, 2.45) is 0 Å². The van der Waals surface area contributed by atoms with E-state index < -0.39 is 18.0 Å². The third-order valence-electron chi connectivity index (χ3n) is 2.33. The van der Waals surface area contributed by atoms with Crippen molar-refractivity contribution in [3.8, 4) is 0 Å². The quantitative estimate of drug-likeness (QED) is 0.915. The summed E-state index contributed by atoms with van der Waals surface area (Å²) in [5.74, 6) is -2.52. The number of aromatic nitrogens is 1. The SMILES string of the molecule is O=C(Nc1cccc(NC(=O)C(F)(F)F)c1)c1cnsc1. The van der Waals surface area contributed by atoms with Crippen LogP contribution in [-0.2, 0) is 4.79 Å². The van der Waals surface area contributed by atoms with Crippen LogP contribution in [0.2, 0.25) is 0 Å². The molecule has 0 fully saturated rings. The van der Waals surface area contributed by atoms with Gasteiger partial charge in [-0.05, 0) is 29.7 Å². The number of hydrogen-bond donors (Lipinski definition) is 2. The zero-order valence-corrected chi connectivity index (χ0v) is 11.1. The van der Waals surface area contributed by atoms with Crippen molar-refractivity contribution >= 4 is 34.7 Å². The van der Waals surface area contributed by atoms with E-state index in [1.807, 2.05) is 0 Å². The molecule has 110 valence electrons. The number of alkyl halides is 3. The maximum absolute atomic E-state index is 12.1. The van der Waals surface area contributed by atoms with Gasteiger partial charge in [-0.1, -0.05) is 6.07 Å². The molecule has 0 aliphatic heterocycles. The van der Waals surface area contributed by atoms with E-state index in [9.17, 15) is 22.8 Å². The predicted molar refractivity (Wildman–Crippen MR) is 71.2 cm³/mol. The van der Waals surface area contributed by atoms with E-state index in [1.54, 1.807) is 5.32 Å². The average Bonchev–Trinajstić information content (AvgIpc) is 2.91. The number of nitrogens with one attached hydrogen (secondary N) is 2. The van der Waals surface area contributed by atoms with Gasteiger partial charge in [0.25, 0.3) is 5.91 Å². The molecular weight excluding hydrogens is 307 g/mol. The summed E-state index contributed by atoms with van der Waals surface area (Å²) in [6.45, 7) is 0. The van der Waals surface area contributed by atoms with Crippen molar-refractivity contribution in [1.82, 2.24) is 4.37 Å². The number of carbonyl (C=O) groups excluding carboxylic acids is 2. The molecule has 2 amide bonds. The summed E-state index contributed by atoms with van der Waals surface area (Å²) in [6, 6.07) is 5.40. The molecule has 0 unspecified atom stereocenters. The Bertz CT molecular complexity index is 656. The highest BCUT2D eigenvalue weighted by Gasteiger charge is 2.38. The maximum Gasteiger partial charge on any atom is 0.471 e. The van der Waals surface area contributed by atoms with Gasteiger partial charge in [-0.2, -0.15) is 13.2 Å². The molecule has 5 nitrogen and oxygen atoms in total. The van der Waals surface area contributed by atoms with Crippen molar-refractivity contribution in [2.45, 2.75) is 6.18 Å². The lowest BCUT2D eigenvalue weighted by Gasteiger charge is -2.09. The molecule has 0 aliphatic carbocycles. The lowest BCUT2D eigenvalue weighted by molar-refractivity contribution is -0.167. The van der Waals surface area contributed by atoms with Gasteiger partial charge in [-0.25, -0.2) is 4.37 Å². The molecule has 1 aromatic carbocycles. The highest BCUT2D eigenvalue weighted by Crippen LogP contribution is 2.20. The summed E-state index contributed by atoms with van der Waals surface area (Å²) in [5, 5.41) is 5.73. The molecule has 0 saturated carbocycles. The molecule has 2 aromatic rings. The van der Waals surface area contributed by atoms with Crippen LogP contribution < -0.4 is 10.6 Å². The lowest BCUT2D eigenvalue weighted by Crippen LogP contribution is -2.29. The normalized spacial score (nSPS) is 11.0. The van der Waals surface area contributed by atoms with Gasteiger partial charge in [0.15, 0.2) is 0 Å². The van der Waals surface area contributed by atoms with Crippen LogP contribution in [0.1, 0.15) is 10.4 Å². The minimum atomic E-state index is -4.97. The number of benzene rings is 1. The predicted octanol–water partition coefficient (Wildman–Crippen LogP) is 2.90. The first kappa shape index (κ1) is 15.0. The van der Waals surface area contributed by atoms with E-state index in [0.717, 1.165) is 11.5 Å². The third kappa shape index (κ3) is 4.02. The molecule has 1 heterocycles. The number of carbonyl (C=O) groups is 2. The Morgan fingerprint density at radius 1 is 1.14 bits per heavy atom. The van der Waals surface area contributed by atoms with Crippen LogP contribution >= 0.6 is 11.5 Å². The summed E-state index contributed by atoms with van der Waals surface area (Å²) in [4.78, 5) is 22.6. The average molecular weight is 315 g/mol. The Balaban J connectivity index is 2.08. The second kappa shape index (κ2) is 5.92. The van der Waals surface area contributed by atoms with Gasteiger partial charge in [0.05, 0.1) is 11.8 Å². The monoisotopic (exact) mass is 315 g/mol. The first-order chi connectivity index (χ1) is 9.86. The summed E-state index contributed by atoms with van der Waals surface area (Å²) in [5.41, 5.74) is 0.523. The Morgan fingerprint density at radius 3 is 2.38 bits per heavy atom. The molecule has 2 rings (SSSR count). The van der Waals surface area contributed by atoms with Crippen LogP contribution in [0.4, 0.5) is 24.5 Å². The van der Waals surface area contributed by atoms with Gasteiger partial charge in [-0.3, -0.25) is 9.59 Å². The first-order valence-corrected chi connectivity index (χ1v) is 6.39. The Labute approximate surface area is 121 Å². The fourth-order valence-electron chi connectivity index (χ4n) is 1.40. The molecule has 1 aromatic heterocycles. The standard InChI is InChI=1S/C12H8F3N3O2S/c13-12(14,15)11(20)18-9-3-1-2-8(4-9)17-10(19)7-5-16-21-6-7/h1-6H,(H,17,19)(H,18,20). The fourth-order valence-corrected chi connectivity index (χ4v) is 1.91. The van der Waals surface area contributed by atoms with Crippen LogP contribution in [0.25, 0.3) is 0 Å². The molecule has 21 heavy (non-hydrogen) atoms. The number of nitrogens with zero attached hydrogens (tertiary/aromatic N) is 1. The minimum absolute atomic E-state index is 0.0708. The van der Waals surface area contributed by atoms with Gasteiger partial charge in [0.2, 0.25) is 0 Å². The van der Waals surface area contributed by atoms with E-state index in [-0.39, 0.29) is 11.4 Å². The van der Waals surface area contributed by atoms with E-state index in [4.69, 9.17) is 0 Å². The van der Waals surface area contributed by atoms with Gasteiger partial charge in [0, 0.05) is 16.8 Å². The first-order valence-electron chi connectivity index (χ1n) is 5.55. The molecule has 0 saturated heterocycles.